The van der Waals surface area contributed by atoms with Gasteiger partial charge in [-0.2, -0.15) is 0 Å². The molecule has 0 amide bonds. The second-order valence-corrected chi connectivity index (χ2v) is 6.76. The summed E-state index contributed by atoms with van der Waals surface area (Å²) in [6, 6.07) is 0. The third kappa shape index (κ3) is 1.97. The first-order valence-corrected chi connectivity index (χ1v) is 7.18. The van der Waals surface area contributed by atoms with Crippen LogP contribution in [0.1, 0.15) is 19.3 Å². The average Bonchev–Trinajstić information content (AvgIpc) is 1.93. The number of hydrogen-bond acceptors (Lipinski definition) is 3. The van der Waals surface area contributed by atoms with Crippen LogP contribution >= 0.6 is 18.5 Å². The van der Waals surface area contributed by atoms with Crippen molar-refractivity contribution in [2.24, 2.45) is 5.92 Å². The molecule has 0 unspecified atom stereocenters. The number of alkyl halides is 1. The molecular weight excluding hydrogens is 217 g/mol. The second-order valence-electron chi connectivity index (χ2n) is 3.74. The Morgan fingerprint density at radius 2 is 1.92 bits per heavy atom. The summed E-state index contributed by atoms with van der Waals surface area (Å²) < 4.78 is 23.6. The van der Waals surface area contributed by atoms with Gasteiger partial charge in [0.05, 0.1) is 0 Å². The summed E-state index contributed by atoms with van der Waals surface area (Å²) in [4.78, 5) is 9.17. The van der Waals surface area contributed by atoms with E-state index in [1.165, 1.54) is 0 Å². The summed E-state index contributed by atoms with van der Waals surface area (Å²) in [5, 5.41) is 0. The van der Waals surface area contributed by atoms with Crippen LogP contribution in [0.5, 0.6) is 0 Å². The fourth-order valence-electron chi connectivity index (χ4n) is 1.66. The molecule has 0 atom stereocenters. The second kappa shape index (κ2) is 3.28. The summed E-state index contributed by atoms with van der Waals surface area (Å²) in [5.41, 5.74) is -1.42. The van der Waals surface area contributed by atoms with Gasteiger partial charge in [0, 0.05) is 0 Å². The number of hydrogen-bond donors (Lipinski definition) is 1. The van der Waals surface area contributed by atoms with E-state index in [4.69, 9.17) is 20.3 Å². The molecule has 6 heteroatoms. The minimum atomic E-state index is -3.48. The molecule has 0 spiro atoms. The van der Waals surface area contributed by atoms with Crippen LogP contribution in [0.2, 0.25) is 0 Å². The van der Waals surface area contributed by atoms with Crippen LogP contribution in [0.25, 0.3) is 0 Å². The molecule has 3 nitrogen and oxygen atoms in total. The summed E-state index contributed by atoms with van der Waals surface area (Å²) in [7, 11) is -3.48. The van der Waals surface area contributed by atoms with E-state index in [-0.39, 0.29) is 19.1 Å². The molecule has 0 bridgehead atoms. The van der Waals surface area contributed by atoms with Crippen LogP contribution in [0.3, 0.4) is 0 Å². The molecule has 2 fully saturated rings. The predicted octanol–water partition coefficient (Wildman–Crippen LogP) is 2.18. The van der Waals surface area contributed by atoms with Crippen molar-refractivity contribution in [2.45, 2.75) is 24.9 Å². The Bertz CT molecular complexity index is 200. The third-order valence-electron chi connectivity index (χ3n) is 2.82. The Labute approximate surface area is 81.5 Å². The topological polar surface area (TPSA) is 38.7 Å². The molecule has 0 aromatic carbocycles. The van der Waals surface area contributed by atoms with E-state index < -0.39 is 13.0 Å². The van der Waals surface area contributed by atoms with E-state index in [0.717, 1.165) is 19.3 Å². The van der Waals surface area contributed by atoms with E-state index in [2.05, 4.69) is 0 Å². The van der Waals surface area contributed by atoms with Crippen LogP contribution in [0.15, 0.2) is 0 Å². The van der Waals surface area contributed by atoms with Gasteiger partial charge in [-0.05, 0) is 0 Å². The van der Waals surface area contributed by atoms with Gasteiger partial charge in [0.15, 0.2) is 0 Å². The molecule has 2 aliphatic rings. The van der Waals surface area contributed by atoms with Crippen LogP contribution in [0.4, 0.5) is 4.39 Å². The molecule has 1 saturated carbocycles. The molecule has 78 valence electrons. The predicted molar refractivity (Wildman–Crippen MR) is 49.5 cm³/mol. The minimum absolute atomic E-state index is 0.0225. The van der Waals surface area contributed by atoms with Gasteiger partial charge in [-0.25, -0.2) is 0 Å². The first-order chi connectivity index (χ1) is 6.02. The zero-order chi connectivity index (χ0) is 9.53. The Kier molecular flexibility index (Phi) is 2.54. The van der Waals surface area contributed by atoms with Crippen molar-refractivity contribution < 1.29 is 18.3 Å². The fraction of sp³-hybridized carbons (Fsp3) is 1.00. The van der Waals surface area contributed by atoms with Crippen molar-refractivity contribution in [1.29, 1.82) is 0 Å². The van der Waals surface area contributed by atoms with Gasteiger partial charge in [-0.3, -0.25) is 0 Å². The molecule has 13 heavy (non-hydrogen) atoms. The van der Waals surface area contributed by atoms with Crippen molar-refractivity contribution in [3.8, 4) is 0 Å². The van der Waals surface area contributed by atoms with Crippen LogP contribution < -0.4 is 0 Å². The molecule has 1 saturated heterocycles. The van der Waals surface area contributed by atoms with Crippen molar-refractivity contribution in [1.82, 2.24) is 0 Å². The van der Waals surface area contributed by atoms with E-state index in [1.54, 1.807) is 0 Å². The summed E-state index contributed by atoms with van der Waals surface area (Å²) in [5.74, 6) is 0.0225. The monoisotopic (exact) mass is 230 g/mol. The molecule has 1 heterocycles. The standard InChI is InChI=1S/C7H13ClFO3P/c8-13(10)11-4-7(9,5-12-13)6-2-1-3-6/h6,10,13H,1-5H2. The van der Waals surface area contributed by atoms with Gasteiger partial charge in [-0.15, -0.1) is 0 Å². The van der Waals surface area contributed by atoms with Crippen molar-refractivity contribution in [3.63, 3.8) is 0 Å². The zero-order valence-corrected chi connectivity index (χ0v) is 8.89. The Hall–Kier alpha value is 0.530. The molecule has 0 aromatic rings. The Morgan fingerprint density at radius 3 is 2.31 bits per heavy atom. The molecule has 1 aliphatic heterocycles. The zero-order valence-electron chi connectivity index (χ0n) is 7.13. The molecule has 0 radical (unpaired) electrons. The molecule has 1 aliphatic carbocycles. The van der Waals surface area contributed by atoms with E-state index in [9.17, 15) is 9.28 Å². The normalized spacial score (nSPS) is 42.4. The summed E-state index contributed by atoms with van der Waals surface area (Å²) in [6.45, 7) is -0.242. The van der Waals surface area contributed by atoms with Crippen LogP contribution in [0, 0.1) is 5.92 Å². The number of halogens is 2. The third-order valence-corrected chi connectivity index (χ3v) is 4.47. The van der Waals surface area contributed by atoms with Crippen molar-refractivity contribution in [3.05, 3.63) is 0 Å². The van der Waals surface area contributed by atoms with Gasteiger partial charge < -0.3 is 0 Å². The summed E-state index contributed by atoms with van der Waals surface area (Å²) in [6.07, 6.45) is 2.83. The first-order valence-electron chi connectivity index (χ1n) is 4.40. The van der Waals surface area contributed by atoms with Gasteiger partial charge in [0.25, 0.3) is 0 Å². The van der Waals surface area contributed by atoms with E-state index >= 15 is 0 Å². The molecule has 1 N–H and O–H groups in total. The van der Waals surface area contributed by atoms with Crippen LogP contribution in [-0.4, -0.2) is 23.8 Å². The van der Waals surface area contributed by atoms with E-state index in [0.29, 0.717) is 0 Å². The van der Waals surface area contributed by atoms with Crippen molar-refractivity contribution >= 4 is 18.5 Å². The SMILES string of the molecule is O[PH]1(Cl)OCC(F)(C2CCC2)CO1. The maximum atomic E-state index is 14.0. The Balaban J connectivity index is 1.95. The fourth-order valence-corrected chi connectivity index (χ4v) is 2.91. The van der Waals surface area contributed by atoms with Gasteiger partial charge >= 0.3 is 80.9 Å². The number of rotatable bonds is 1. The van der Waals surface area contributed by atoms with Gasteiger partial charge in [0.1, 0.15) is 0 Å². The average molecular weight is 231 g/mol. The van der Waals surface area contributed by atoms with Gasteiger partial charge in [-0.1, -0.05) is 0 Å². The summed E-state index contributed by atoms with van der Waals surface area (Å²) >= 11 is 5.45. The molecule has 0 aromatic heterocycles. The maximum absolute atomic E-state index is 14.0. The quantitative estimate of drug-likeness (QED) is 0.702. The molecule has 2 rings (SSSR count). The van der Waals surface area contributed by atoms with Crippen molar-refractivity contribution in [2.75, 3.05) is 13.2 Å². The molecular formula is C7H13ClFO3P. The van der Waals surface area contributed by atoms with Crippen LogP contribution in [-0.2, 0) is 9.05 Å². The van der Waals surface area contributed by atoms with Gasteiger partial charge in [0.2, 0.25) is 0 Å². The Morgan fingerprint density at radius 1 is 1.38 bits per heavy atom. The first kappa shape index (κ1) is 10.1. The van der Waals surface area contributed by atoms with E-state index in [1.807, 2.05) is 0 Å².